The highest BCUT2D eigenvalue weighted by Crippen LogP contribution is 2.13. The lowest BCUT2D eigenvalue weighted by Crippen LogP contribution is -2.16. The van der Waals surface area contributed by atoms with Crippen molar-refractivity contribution in [2.24, 2.45) is 12.2 Å². The third-order valence-corrected chi connectivity index (χ3v) is 3.42. The summed E-state index contributed by atoms with van der Waals surface area (Å²) in [6.07, 6.45) is 2.95. The van der Waals surface area contributed by atoms with Gasteiger partial charge in [-0.3, -0.25) is 4.79 Å². The number of hydrogen-bond acceptors (Lipinski definition) is 4. The molecule has 1 aromatic heterocycles. The van der Waals surface area contributed by atoms with E-state index >= 15 is 0 Å². The molecule has 0 spiro atoms. The molecule has 0 atom stereocenters. The van der Waals surface area contributed by atoms with Gasteiger partial charge in [0, 0.05) is 12.7 Å². The Hall–Kier alpha value is -2.19. The fourth-order valence-electron chi connectivity index (χ4n) is 1.50. The maximum Gasteiger partial charge on any atom is 0.273 e. The molecule has 0 aliphatic carbocycles. The van der Waals surface area contributed by atoms with E-state index in [1.807, 2.05) is 0 Å². The molecule has 0 aliphatic rings. The second kappa shape index (κ2) is 4.82. The molecule has 1 heterocycles. The number of benzene rings is 1. The predicted octanol–water partition coefficient (Wildman–Crippen LogP) is 0.320. The van der Waals surface area contributed by atoms with Gasteiger partial charge in [0.1, 0.15) is 5.69 Å². The van der Waals surface area contributed by atoms with Gasteiger partial charge in [0.2, 0.25) is 10.0 Å². The zero-order chi connectivity index (χ0) is 14.0. The molecule has 7 nitrogen and oxygen atoms in total. The Kier molecular flexibility index (Phi) is 3.36. The van der Waals surface area contributed by atoms with Crippen molar-refractivity contribution in [3.05, 3.63) is 42.5 Å². The van der Waals surface area contributed by atoms with Crippen molar-refractivity contribution in [2.45, 2.75) is 4.90 Å². The van der Waals surface area contributed by atoms with Crippen molar-refractivity contribution in [3.8, 4) is 0 Å². The highest BCUT2D eigenvalue weighted by molar-refractivity contribution is 7.89. The molecule has 100 valence electrons. The van der Waals surface area contributed by atoms with Gasteiger partial charge in [-0.2, -0.15) is 0 Å². The molecule has 2 rings (SSSR count). The van der Waals surface area contributed by atoms with E-state index in [9.17, 15) is 13.2 Å². The second-order valence-electron chi connectivity index (χ2n) is 3.91. The molecule has 8 heteroatoms. The Bertz CT molecular complexity index is 704. The number of carbonyl (C=O) groups excluding carboxylic acids is 1. The Labute approximate surface area is 110 Å². The summed E-state index contributed by atoms with van der Waals surface area (Å²) in [5, 5.41) is 7.61. The van der Waals surface area contributed by atoms with Crippen LogP contribution in [0.3, 0.4) is 0 Å². The summed E-state index contributed by atoms with van der Waals surface area (Å²) in [6.45, 7) is 0. The number of anilines is 1. The van der Waals surface area contributed by atoms with Crippen LogP contribution in [-0.4, -0.2) is 23.9 Å². The van der Waals surface area contributed by atoms with Crippen LogP contribution < -0.4 is 10.5 Å². The van der Waals surface area contributed by atoms with Crippen molar-refractivity contribution < 1.29 is 13.2 Å². The van der Waals surface area contributed by atoms with E-state index in [1.165, 1.54) is 36.8 Å². The Morgan fingerprint density at radius 3 is 2.42 bits per heavy atom. The molecule has 1 aromatic carbocycles. The van der Waals surface area contributed by atoms with Crippen LogP contribution in [0.4, 0.5) is 5.69 Å². The molecule has 2 aromatic rings. The normalized spacial score (nSPS) is 11.3. The smallest absolute Gasteiger partial charge is 0.273 e. The lowest BCUT2D eigenvalue weighted by molar-refractivity contribution is 0.101. The molecule has 0 bridgehead atoms. The molecule has 0 fully saturated rings. The van der Waals surface area contributed by atoms with Gasteiger partial charge in [0.15, 0.2) is 0 Å². The third kappa shape index (κ3) is 2.98. The van der Waals surface area contributed by atoms with Gasteiger partial charge < -0.3 is 9.88 Å². The van der Waals surface area contributed by atoms with Gasteiger partial charge in [-0.1, -0.05) is 0 Å². The van der Waals surface area contributed by atoms with E-state index in [-0.39, 0.29) is 10.8 Å². The molecule has 19 heavy (non-hydrogen) atoms. The van der Waals surface area contributed by atoms with Gasteiger partial charge in [0.25, 0.3) is 5.91 Å². The van der Waals surface area contributed by atoms with Crippen LogP contribution in [0.25, 0.3) is 0 Å². The highest BCUT2D eigenvalue weighted by atomic mass is 32.2. The number of primary sulfonamides is 1. The standard InChI is InChI=1S/C11H12N4O3S/c1-15-7-13-6-10(15)11(16)14-8-2-4-9(5-3-8)19(12,17)18/h2-7H,1H3,(H,14,16)(H2,12,17,18). The Morgan fingerprint density at radius 1 is 1.32 bits per heavy atom. The maximum atomic E-state index is 11.9. The number of nitrogens with zero attached hydrogens (tertiary/aromatic N) is 2. The van der Waals surface area contributed by atoms with Gasteiger partial charge >= 0.3 is 0 Å². The first-order valence-corrected chi connectivity index (χ1v) is 6.83. The molecule has 3 N–H and O–H groups in total. The number of amides is 1. The SMILES string of the molecule is Cn1cncc1C(=O)Nc1ccc(S(N)(=O)=O)cc1. The summed E-state index contributed by atoms with van der Waals surface area (Å²) in [7, 11) is -2.02. The monoisotopic (exact) mass is 280 g/mol. The summed E-state index contributed by atoms with van der Waals surface area (Å²) in [4.78, 5) is 15.7. The van der Waals surface area contributed by atoms with E-state index in [1.54, 1.807) is 11.6 Å². The molecule has 0 saturated carbocycles. The summed E-state index contributed by atoms with van der Waals surface area (Å²) < 4.78 is 23.7. The minimum atomic E-state index is -3.72. The number of nitrogens with two attached hydrogens (primary N) is 1. The minimum Gasteiger partial charge on any atom is -0.330 e. The average Bonchev–Trinajstić information content (AvgIpc) is 2.75. The van der Waals surface area contributed by atoms with Crippen LogP contribution in [0.15, 0.2) is 41.7 Å². The van der Waals surface area contributed by atoms with Crippen molar-refractivity contribution >= 4 is 21.6 Å². The fraction of sp³-hybridized carbons (Fsp3) is 0.0909. The number of carbonyl (C=O) groups is 1. The predicted molar refractivity (Wildman–Crippen MR) is 69.0 cm³/mol. The van der Waals surface area contributed by atoms with E-state index < -0.39 is 10.0 Å². The number of imidazole rings is 1. The highest BCUT2D eigenvalue weighted by Gasteiger charge is 2.11. The van der Waals surface area contributed by atoms with Crippen LogP contribution in [0, 0.1) is 0 Å². The van der Waals surface area contributed by atoms with E-state index in [2.05, 4.69) is 10.3 Å². The van der Waals surface area contributed by atoms with Gasteiger partial charge in [0.05, 0.1) is 17.4 Å². The topological polar surface area (TPSA) is 107 Å². The largest absolute Gasteiger partial charge is 0.330 e. The van der Waals surface area contributed by atoms with Crippen LogP contribution in [0.5, 0.6) is 0 Å². The van der Waals surface area contributed by atoms with Crippen LogP contribution in [0.1, 0.15) is 10.5 Å². The molecule has 0 saturated heterocycles. The third-order valence-electron chi connectivity index (χ3n) is 2.49. The first-order chi connectivity index (χ1) is 8.88. The van der Waals surface area contributed by atoms with Crippen molar-refractivity contribution in [1.29, 1.82) is 0 Å². The quantitative estimate of drug-likeness (QED) is 0.844. The van der Waals surface area contributed by atoms with Gasteiger partial charge in [-0.15, -0.1) is 0 Å². The summed E-state index contributed by atoms with van der Waals surface area (Å²) in [6, 6.07) is 5.59. The zero-order valence-corrected chi connectivity index (χ0v) is 10.9. The van der Waals surface area contributed by atoms with Gasteiger partial charge in [-0.25, -0.2) is 18.5 Å². The van der Waals surface area contributed by atoms with Crippen molar-refractivity contribution in [1.82, 2.24) is 9.55 Å². The molecular formula is C11H12N4O3S. The molecular weight excluding hydrogens is 268 g/mol. The van der Waals surface area contributed by atoms with Crippen molar-refractivity contribution in [2.75, 3.05) is 5.32 Å². The maximum absolute atomic E-state index is 11.9. The second-order valence-corrected chi connectivity index (χ2v) is 5.47. The molecule has 0 radical (unpaired) electrons. The fourth-order valence-corrected chi connectivity index (χ4v) is 2.01. The first kappa shape index (κ1) is 13.2. The zero-order valence-electron chi connectivity index (χ0n) is 10.1. The van der Waals surface area contributed by atoms with Crippen molar-refractivity contribution in [3.63, 3.8) is 0 Å². The van der Waals surface area contributed by atoms with E-state index in [0.717, 1.165) is 0 Å². The van der Waals surface area contributed by atoms with E-state index in [0.29, 0.717) is 11.4 Å². The Balaban J connectivity index is 2.17. The minimum absolute atomic E-state index is 0.00830. The average molecular weight is 280 g/mol. The first-order valence-electron chi connectivity index (χ1n) is 5.28. The van der Waals surface area contributed by atoms with Crippen LogP contribution in [0.2, 0.25) is 0 Å². The molecule has 0 aliphatic heterocycles. The molecule has 1 amide bonds. The summed E-state index contributed by atoms with van der Waals surface area (Å²) >= 11 is 0. The van der Waals surface area contributed by atoms with Crippen LogP contribution in [-0.2, 0) is 17.1 Å². The number of nitrogens with one attached hydrogen (secondary N) is 1. The lowest BCUT2D eigenvalue weighted by Gasteiger charge is -2.06. The molecule has 0 unspecified atom stereocenters. The Morgan fingerprint density at radius 2 is 1.95 bits per heavy atom. The number of rotatable bonds is 3. The number of sulfonamides is 1. The number of hydrogen-bond donors (Lipinski definition) is 2. The van der Waals surface area contributed by atoms with Crippen LogP contribution >= 0.6 is 0 Å². The summed E-state index contributed by atoms with van der Waals surface area (Å²) in [5.41, 5.74) is 0.870. The summed E-state index contributed by atoms with van der Waals surface area (Å²) in [5.74, 6) is -0.330. The van der Waals surface area contributed by atoms with E-state index in [4.69, 9.17) is 5.14 Å². The number of aromatic nitrogens is 2. The lowest BCUT2D eigenvalue weighted by atomic mass is 10.3. The number of aryl methyl sites for hydroxylation is 1. The van der Waals surface area contributed by atoms with Gasteiger partial charge in [-0.05, 0) is 24.3 Å².